The highest BCUT2D eigenvalue weighted by molar-refractivity contribution is 7.10. The fourth-order valence-corrected chi connectivity index (χ4v) is 4.38. The Morgan fingerprint density at radius 1 is 1.39 bits per heavy atom. The van der Waals surface area contributed by atoms with Crippen molar-refractivity contribution in [2.24, 2.45) is 0 Å². The Morgan fingerprint density at radius 3 is 2.91 bits per heavy atom. The Bertz CT molecular complexity index is 570. The average Bonchev–Trinajstić information content (AvgIpc) is 3.10. The summed E-state index contributed by atoms with van der Waals surface area (Å²) in [7, 11) is 0. The number of thiophene rings is 1. The van der Waals surface area contributed by atoms with Gasteiger partial charge in [0.05, 0.1) is 12.0 Å². The Balaban J connectivity index is 1.70. The predicted molar refractivity (Wildman–Crippen MR) is 91.5 cm³/mol. The molecule has 0 aromatic carbocycles. The molecule has 23 heavy (non-hydrogen) atoms. The number of nitrogens with zero attached hydrogens (tertiary/aromatic N) is 2. The monoisotopic (exact) mass is 335 g/mol. The van der Waals surface area contributed by atoms with Crippen LogP contribution in [0.3, 0.4) is 0 Å². The van der Waals surface area contributed by atoms with Crippen LogP contribution in [0.2, 0.25) is 0 Å². The summed E-state index contributed by atoms with van der Waals surface area (Å²) in [5.41, 5.74) is -0.497. The molecule has 0 saturated carbocycles. The SMILES string of the molecule is CC(C)(C(=O)N1CCCC(N2CCNCC2=O)C1)c1cccs1. The van der Waals surface area contributed by atoms with E-state index in [0.717, 1.165) is 37.4 Å². The number of hydrogen-bond acceptors (Lipinski definition) is 4. The van der Waals surface area contributed by atoms with Crippen LogP contribution < -0.4 is 5.32 Å². The maximum atomic E-state index is 13.0. The first kappa shape index (κ1) is 16.5. The second-order valence-corrected chi connectivity index (χ2v) is 7.86. The number of piperidine rings is 1. The minimum atomic E-state index is -0.497. The molecule has 3 heterocycles. The number of carbonyl (C=O) groups is 2. The molecule has 3 rings (SSSR count). The molecule has 2 fully saturated rings. The molecule has 5 nitrogen and oxygen atoms in total. The normalized spacial score (nSPS) is 23.2. The highest BCUT2D eigenvalue weighted by atomic mass is 32.1. The van der Waals surface area contributed by atoms with Crippen molar-refractivity contribution < 1.29 is 9.59 Å². The molecule has 2 aliphatic rings. The molecule has 1 aromatic rings. The van der Waals surface area contributed by atoms with Crippen molar-refractivity contribution in [2.45, 2.75) is 38.1 Å². The summed E-state index contributed by atoms with van der Waals surface area (Å²) in [5, 5.41) is 5.13. The van der Waals surface area contributed by atoms with Gasteiger partial charge < -0.3 is 15.1 Å². The Labute approximate surface area is 141 Å². The topological polar surface area (TPSA) is 52.7 Å². The van der Waals surface area contributed by atoms with Gasteiger partial charge in [-0.25, -0.2) is 0 Å². The van der Waals surface area contributed by atoms with Crippen LogP contribution in [0.15, 0.2) is 17.5 Å². The molecule has 126 valence electrons. The van der Waals surface area contributed by atoms with Gasteiger partial charge in [0.25, 0.3) is 0 Å². The molecule has 0 spiro atoms. The van der Waals surface area contributed by atoms with Crippen LogP contribution >= 0.6 is 11.3 Å². The van der Waals surface area contributed by atoms with Crippen LogP contribution in [-0.4, -0.2) is 60.4 Å². The second kappa shape index (κ2) is 6.61. The Kier molecular flexibility index (Phi) is 4.73. The van der Waals surface area contributed by atoms with Crippen LogP contribution in [0.1, 0.15) is 31.6 Å². The van der Waals surface area contributed by atoms with E-state index in [1.165, 1.54) is 0 Å². The summed E-state index contributed by atoms with van der Waals surface area (Å²) in [4.78, 5) is 30.2. The molecule has 1 aromatic heterocycles. The molecule has 2 amide bonds. The third-order valence-corrected chi connectivity index (χ3v) is 6.12. The quantitative estimate of drug-likeness (QED) is 0.910. The van der Waals surface area contributed by atoms with Crippen molar-refractivity contribution >= 4 is 23.2 Å². The number of piperazine rings is 1. The van der Waals surface area contributed by atoms with E-state index in [9.17, 15) is 9.59 Å². The van der Waals surface area contributed by atoms with E-state index in [2.05, 4.69) is 5.32 Å². The summed E-state index contributed by atoms with van der Waals surface area (Å²) in [6.07, 6.45) is 1.96. The van der Waals surface area contributed by atoms with Gasteiger partial charge in [0.2, 0.25) is 11.8 Å². The minimum absolute atomic E-state index is 0.160. The van der Waals surface area contributed by atoms with Gasteiger partial charge >= 0.3 is 0 Å². The van der Waals surface area contributed by atoms with Crippen LogP contribution in [0.5, 0.6) is 0 Å². The molecule has 6 heteroatoms. The molecular formula is C17H25N3O2S. The lowest BCUT2D eigenvalue weighted by molar-refractivity contribution is -0.143. The van der Waals surface area contributed by atoms with E-state index >= 15 is 0 Å². The van der Waals surface area contributed by atoms with Crippen LogP contribution in [0.25, 0.3) is 0 Å². The summed E-state index contributed by atoms with van der Waals surface area (Å²) in [6.45, 7) is 7.48. The highest BCUT2D eigenvalue weighted by Crippen LogP contribution is 2.31. The summed E-state index contributed by atoms with van der Waals surface area (Å²) in [5.74, 6) is 0.334. The molecule has 0 radical (unpaired) electrons. The number of rotatable bonds is 3. The number of carbonyl (C=O) groups excluding carboxylic acids is 2. The van der Waals surface area contributed by atoms with Crippen molar-refractivity contribution in [3.8, 4) is 0 Å². The maximum absolute atomic E-state index is 13.0. The van der Waals surface area contributed by atoms with E-state index in [1.807, 2.05) is 41.2 Å². The second-order valence-electron chi connectivity index (χ2n) is 6.91. The number of likely N-dealkylation sites (tertiary alicyclic amines) is 1. The van der Waals surface area contributed by atoms with Gasteiger partial charge in [0.15, 0.2) is 0 Å². The zero-order chi connectivity index (χ0) is 16.4. The van der Waals surface area contributed by atoms with Crippen molar-refractivity contribution in [2.75, 3.05) is 32.7 Å². The Hall–Kier alpha value is -1.40. The third-order valence-electron chi connectivity index (χ3n) is 4.92. The van der Waals surface area contributed by atoms with Crippen molar-refractivity contribution in [3.05, 3.63) is 22.4 Å². The van der Waals surface area contributed by atoms with Crippen LogP contribution in [0, 0.1) is 0 Å². The fraction of sp³-hybridized carbons (Fsp3) is 0.647. The zero-order valence-electron chi connectivity index (χ0n) is 13.9. The zero-order valence-corrected chi connectivity index (χ0v) is 14.7. The minimum Gasteiger partial charge on any atom is -0.340 e. The molecule has 1 unspecified atom stereocenters. The van der Waals surface area contributed by atoms with E-state index in [4.69, 9.17) is 0 Å². The smallest absolute Gasteiger partial charge is 0.236 e. The summed E-state index contributed by atoms with van der Waals surface area (Å²) >= 11 is 1.63. The van der Waals surface area contributed by atoms with Crippen molar-refractivity contribution in [3.63, 3.8) is 0 Å². The molecule has 0 bridgehead atoms. The van der Waals surface area contributed by atoms with E-state index in [1.54, 1.807) is 11.3 Å². The first-order chi connectivity index (χ1) is 11.0. The molecule has 1 N–H and O–H groups in total. The molecule has 1 atom stereocenters. The van der Waals surface area contributed by atoms with E-state index in [0.29, 0.717) is 13.1 Å². The first-order valence-electron chi connectivity index (χ1n) is 8.33. The number of nitrogens with one attached hydrogen (secondary N) is 1. The lowest BCUT2D eigenvalue weighted by Gasteiger charge is -2.43. The number of hydrogen-bond donors (Lipinski definition) is 1. The van der Waals surface area contributed by atoms with Gasteiger partial charge in [-0.05, 0) is 38.1 Å². The van der Waals surface area contributed by atoms with E-state index in [-0.39, 0.29) is 17.9 Å². The molecule has 0 aliphatic carbocycles. The van der Waals surface area contributed by atoms with Crippen LogP contribution in [-0.2, 0) is 15.0 Å². The van der Waals surface area contributed by atoms with Crippen LogP contribution in [0.4, 0.5) is 0 Å². The first-order valence-corrected chi connectivity index (χ1v) is 9.21. The average molecular weight is 335 g/mol. The molecule has 2 saturated heterocycles. The summed E-state index contributed by atoms with van der Waals surface area (Å²) in [6, 6.07) is 4.19. The molecular weight excluding hydrogens is 310 g/mol. The van der Waals surface area contributed by atoms with Gasteiger partial charge in [0, 0.05) is 37.1 Å². The van der Waals surface area contributed by atoms with Crippen molar-refractivity contribution in [1.82, 2.24) is 15.1 Å². The van der Waals surface area contributed by atoms with Crippen molar-refractivity contribution in [1.29, 1.82) is 0 Å². The van der Waals surface area contributed by atoms with Gasteiger partial charge in [-0.1, -0.05) is 6.07 Å². The largest absolute Gasteiger partial charge is 0.340 e. The lowest BCUT2D eigenvalue weighted by Crippen LogP contribution is -2.58. The number of amides is 2. The predicted octanol–water partition coefficient (Wildman–Crippen LogP) is 1.45. The molecule has 2 aliphatic heterocycles. The highest BCUT2D eigenvalue weighted by Gasteiger charge is 2.38. The van der Waals surface area contributed by atoms with Gasteiger partial charge in [-0.15, -0.1) is 11.3 Å². The standard InChI is InChI=1S/C17H25N3O2S/c1-17(2,14-6-4-10-23-14)16(22)19-8-3-5-13(12-19)20-9-7-18-11-15(20)21/h4,6,10,13,18H,3,5,7-9,11-12H2,1-2H3. The Morgan fingerprint density at radius 2 is 2.22 bits per heavy atom. The van der Waals surface area contributed by atoms with Gasteiger partial charge in [-0.3, -0.25) is 9.59 Å². The fourth-order valence-electron chi connectivity index (χ4n) is 3.54. The summed E-state index contributed by atoms with van der Waals surface area (Å²) < 4.78 is 0. The van der Waals surface area contributed by atoms with Gasteiger partial charge in [-0.2, -0.15) is 0 Å². The van der Waals surface area contributed by atoms with Gasteiger partial charge in [0.1, 0.15) is 0 Å². The maximum Gasteiger partial charge on any atom is 0.236 e. The third kappa shape index (κ3) is 3.28. The lowest BCUT2D eigenvalue weighted by atomic mass is 9.88. The van der Waals surface area contributed by atoms with E-state index < -0.39 is 5.41 Å².